The number of nitrogens with two attached hydrogens (primary N) is 1. The van der Waals surface area contributed by atoms with Gasteiger partial charge in [-0.1, -0.05) is 19.1 Å². The molecular weight excluding hydrogens is 268 g/mol. The highest BCUT2D eigenvalue weighted by atomic mass is 16.5. The Morgan fingerprint density at radius 3 is 2.90 bits per heavy atom. The van der Waals surface area contributed by atoms with Gasteiger partial charge in [0.2, 0.25) is 0 Å². The molecule has 6 heteroatoms. The first-order valence-electron chi connectivity index (χ1n) is 6.98. The maximum absolute atomic E-state index is 12.9. The third kappa shape index (κ3) is 2.12. The number of aromatic nitrogens is 2. The molecule has 0 saturated carbocycles. The fourth-order valence-corrected chi connectivity index (χ4v) is 2.62. The van der Waals surface area contributed by atoms with E-state index in [0.717, 1.165) is 11.4 Å². The van der Waals surface area contributed by atoms with Crippen LogP contribution in [0.4, 0.5) is 11.4 Å². The summed E-state index contributed by atoms with van der Waals surface area (Å²) in [6.45, 7) is 2.94. The van der Waals surface area contributed by atoms with Gasteiger partial charge in [-0.05, 0) is 18.6 Å². The first-order valence-corrected chi connectivity index (χ1v) is 6.98. The summed E-state index contributed by atoms with van der Waals surface area (Å²) < 4.78 is 7.14. The van der Waals surface area contributed by atoms with E-state index in [1.54, 1.807) is 16.6 Å². The fraction of sp³-hybridized carbons (Fsp3) is 0.333. The molecule has 0 radical (unpaired) electrons. The SMILES string of the molecule is CCc1nn(C)c(C(=O)N2CCOc3ccccc32)c1N. The Balaban J connectivity index is 2.03. The molecule has 3 rings (SSSR count). The zero-order valence-electron chi connectivity index (χ0n) is 12.2. The van der Waals surface area contributed by atoms with E-state index in [2.05, 4.69) is 5.10 Å². The van der Waals surface area contributed by atoms with E-state index < -0.39 is 0 Å². The molecule has 1 aliphatic rings. The summed E-state index contributed by atoms with van der Waals surface area (Å²) in [5.41, 5.74) is 8.50. The Morgan fingerprint density at radius 2 is 2.19 bits per heavy atom. The predicted molar refractivity (Wildman–Crippen MR) is 80.6 cm³/mol. The van der Waals surface area contributed by atoms with Gasteiger partial charge in [0.15, 0.2) is 0 Å². The van der Waals surface area contributed by atoms with Gasteiger partial charge in [-0.3, -0.25) is 9.48 Å². The second-order valence-electron chi connectivity index (χ2n) is 4.96. The van der Waals surface area contributed by atoms with Crippen LogP contribution in [0.5, 0.6) is 5.75 Å². The molecule has 2 N–H and O–H groups in total. The third-order valence-corrected chi connectivity index (χ3v) is 3.67. The number of rotatable bonds is 2. The molecule has 0 aliphatic carbocycles. The van der Waals surface area contributed by atoms with Crippen LogP contribution < -0.4 is 15.4 Å². The monoisotopic (exact) mass is 286 g/mol. The van der Waals surface area contributed by atoms with E-state index in [9.17, 15) is 4.79 Å². The first-order chi connectivity index (χ1) is 10.1. The highest BCUT2D eigenvalue weighted by molar-refractivity contribution is 6.09. The highest BCUT2D eigenvalue weighted by Gasteiger charge is 2.29. The molecule has 0 bridgehead atoms. The molecule has 0 atom stereocenters. The number of fused-ring (bicyclic) bond motifs is 1. The van der Waals surface area contributed by atoms with Crippen molar-refractivity contribution in [3.05, 3.63) is 35.7 Å². The summed E-state index contributed by atoms with van der Waals surface area (Å²) in [7, 11) is 1.75. The second-order valence-corrected chi connectivity index (χ2v) is 4.96. The smallest absolute Gasteiger partial charge is 0.278 e. The van der Waals surface area contributed by atoms with Crippen molar-refractivity contribution >= 4 is 17.3 Å². The Morgan fingerprint density at radius 1 is 1.43 bits per heavy atom. The van der Waals surface area contributed by atoms with Crippen LogP contribution in [0.2, 0.25) is 0 Å². The Kier molecular flexibility index (Phi) is 3.29. The van der Waals surface area contributed by atoms with Gasteiger partial charge in [0.1, 0.15) is 18.1 Å². The lowest BCUT2D eigenvalue weighted by atomic mass is 10.2. The van der Waals surface area contributed by atoms with Gasteiger partial charge in [-0.2, -0.15) is 5.10 Å². The summed E-state index contributed by atoms with van der Waals surface area (Å²) in [5.74, 6) is 0.575. The summed E-state index contributed by atoms with van der Waals surface area (Å²) in [4.78, 5) is 14.6. The van der Waals surface area contributed by atoms with E-state index >= 15 is 0 Å². The first kappa shape index (κ1) is 13.5. The van der Waals surface area contributed by atoms with Crippen LogP contribution in [-0.4, -0.2) is 28.8 Å². The van der Waals surface area contributed by atoms with Crippen molar-refractivity contribution in [3.63, 3.8) is 0 Å². The standard InChI is InChI=1S/C15H18N4O2/c1-3-10-13(16)14(18(2)17-10)15(20)19-8-9-21-12-7-5-4-6-11(12)19/h4-7H,3,8-9,16H2,1-2H3. The van der Waals surface area contributed by atoms with Crippen LogP contribution in [0, 0.1) is 0 Å². The highest BCUT2D eigenvalue weighted by Crippen LogP contribution is 2.32. The van der Waals surface area contributed by atoms with E-state index in [-0.39, 0.29) is 5.91 Å². The normalized spacial score (nSPS) is 13.7. The number of carbonyl (C=O) groups excluding carboxylic acids is 1. The Labute approximate surface area is 123 Å². The molecule has 6 nitrogen and oxygen atoms in total. The lowest BCUT2D eigenvalue weighted by Gasteiger charge is -2.29. The number of hydrogen-bond acceptors (Lipinski definition) is 4. The van der Waals surface area contributed by atoms with Gasteiger partial charge < -0.3 is 15.4 Å². The van der Waals surface area contributed by atoms with E-state index in [1.165, 1.54) is 0 Å². The largest absolute Gasteiger partial charge is 0.490 e. The van der Waals surface area contributed by atoms with Crippen LogP contribution in [0.3, 0.4) is 0 Å². The zero-order chi connectivity index (χ0) is 15.0. The number of nitrogens with zero attached hydrogens (tertiary/aromatic N) is 3. The van der Waals surface area contributed by atoms with Crippen LogP contribution in [0.1, 0.15) is 23.1 Å². The lowest BCUT2D eigenvalue weighted by Crippen LogP contribution is -2.39. The van der Waals surface area contributed by atoms with Crippen molar-refractivity contribution in [1.82, 2.24) is 9.78 Å². The number of anilines is 2. The summed E-state index contributed by atoms with van der Waals surface area (Å²) >= 11 is 0. The number of nitrogen functional groups attached to an aromatic ring is 1. The summed E-state index contributed by atoms with van der Waals surface area (Å²) in [5, 5.41) is 4.31. The van der Waals surface area contributed by atoms with Gasteiger partial charge >= 0.3 is 0 Å². The fourth-order valence-electron chi connectivity index (χ4n) is 2.62. The van der Waals surface area contributed by atoms with Gasteiger partial charge in [0.05, 0.1) is 23.6 Å². The maximum Gasteiger partial charge on any atom is 0.278 e. The molecule has 1 amide bonds. The van der Waals surface area contributed by atoms with Gasteiger partial charge in [-0.15, -0.1) is 0 Å². The number of para-hydroxylation sites is 2. The molecule has 1 aliphatic heterocycles. The molecule has 2 aromatic rings. The van der Waals surface area contributed by atoms with Crippen molar-refractivity contribution in [2.24, 2.45) is 7.05 Å². The third-order valence-electron chi connectivity index (χ3n) is 3.67. The summed E-state index contributed by atoms with van der Waals surface area (Å²) in [6, 6.07) is 7.51. The molecule has 110 valence electrons. The van der Waals surface area contributed by atoms with Gasteiger partial charge in [-0.25, -0.2) is 0 Å². The van der Waals surface area contributed by atoms with E-state index in [1.807, 2.05) is 31.2 Å². The molecule has 2 heterocycles. The Bertz CT molecular complexity index is 693. The van der Waals surface area contributed by atoms with E-state index in [4.69, 9.17) is 10.5 Å². The number of aryl methyl sites for hydroxylation is 2. The predicted octanol–water partition coefficient (Wildman–Crippen LogP) is 1.60. The summed E-state index contributed by atoms with van der Waals surface area (Å²) in [6.07, 6.45) is 0.701. The van der Waals surface area contributed by atoms with Gasteiger partial charge in [0.25, 0.3) is 5.91 Å². The van der Waals surface area contributed by atoms with Crippen molar-refractivity contribution < 1.29 is 9.53 Å². The minimum atomic E-state index is -0.141. The molecule has 0 unspecified atom stereocenters. The minimum absolute atomic E-state index is 0.141. The molecule has 1 aromatic heterocycles. The molecule has 0 saturated heterocycles. The molecular formula is C15H18N4O2. The maximum atomic E-state index is 12.9. The molecule has 0 fully saturated rings. The van der Waals surface area contributed by atoms with Crippen molar-refractivity contribution in [1.29, 1.82) is 0 Å². The van der Waals surface area contributed by atoms with Crippen molar-refractivity contribution in [3.8, 4) is 5.75 Å². The molecule has 21 heavy (non-hydrogen) atoms. The lowest BCUT2D eigenvalue weighted by molar-refractivity contribution is 0.0968. The molecule has 1 aromatic carbocycles. The van der Waals surface area contributed by atoms with Gasteiger partial charge in [0, 0.05) is 7.05 Å². The number of ether oxygens (including phenoxy) is 1. The second kappa shape index (κ2) is 5.12. The quantitative estimate of drug-likeness (QED) is 0.910. The van der Waals surface area contributed by atoms with E-state index in [0.29, 0.717) is 36.7 Å². The Hall–Kier alpha value is -2.50. The number of amides is 1. The van der Waals surface area contributed by atoms with Crippen LogP contribution >= 0.6 is 0 Å². The van der Waals surface area contributed by atoms with Crippen molar-refractivity contribution in [2.45, 2.75) is 13.3 Å². The average Bonchev–Trinajstić information content (AvgIpc) is 2.80. The average molecular weight is 286 g/mol. The molecule has 0 spiro atoms. The minimum Gasteiger partial charge on any atom is -0.490 e. The number of carbonyl (C=O) groups is 1. The zero-order valence-corrected chi connectivity index (χ0v) is 12.2. The number of benzene rings is 1. The number of hydrogen-bond donors (Lipinski definition) is 1. The topological polar surface area (TPSA) is 73.4 Å². The van der Waals surface area contributed by atoms with Crippen LogP contribution in [-0.2, 0) is 13.5 Å². The van der Waals surface area contributed by atoms with Crippen LogP contribution in [0.15, 0.2) is 24.3 Å². The van der Waals surface area contributed by atoms with Crippen molar-refractivity contribution in [2.75, 3.05) is 23.8 Å². The van der Waals surface area contributed by atoms with Crippen LogP contribution in [0.25, 0.3) is 0 Å².